The lowest BCUT2D eigenvalue weighted by Gasteiger charge is -2.15. The van der Waals surface area contributed by atoms with Gasteiger partial charge in [0, 0.05) is 4.47 Å². The maximum Gasteiger partial charge on any atom is 0.0204 e. The molecule has 0 spiro atoms. The summed E-state index contributed by atoms with van der Waals surface area (Å²) in [5, 5.41) is 0. The SMILES string of the molecule is Cc1cc(C2(CCN)CC2)ccc1Br. The van der Waals surface area contributed by atoms with Crippen molar-refractivity contribution in [2.75, 3.05) is 6.54 Å². The highest BCUT2D eigenvalue weighted by molar-refractivity contribution is 9.10. The summed E-state index contributed by atoms with van der Waals surface area (Å²) in [6, 6.07) is 6.69. The maximum absolute atomic E-state index is 5.65. The van der Waals surface area contributed by atoms with Crippen LogP contribution >= 0.6 is 15.9 Å². The standard InChI is InChI=1S/C12H16BrN/c1-9-8-10(2-3-11(9)13)12(4-5-12)6-7-14/h2-3,8H,4-7,14H2,1H3. The fraction of sp³-hybridized carbons (Fsp3) is 0.500. The lowest BCUT2D eigenvalue weighted by atomic mass is 9.91. The average Bonchev–Trinajstić information content (AvgIpc) is 2.91. The number of benzene rings is 1. The van der Waals surface area contributed by atoms with Crippen LogP contribution in [0.3, 0.4) is 0 Å². The highest BCUT2D eigenvalue weighted by atomic mass is 79.9. The van der Waals surface area contributed by atoms with Crippen LogP contribution in [-0.4, -0.2) is 6.54 Å². The van der Waals surface area contributed by atoms with Gasteiger partial charge < -0.3 is 5.73 Å². The highest BCUT2D eigenvalue weighted by Gasteiger charge is 2.43. The molecule has 1 fully saturated rings. The van der Waals surface area contributed by atoms with E-state index in [0.717, 1.165) is 13.0 Å². The van der Waals surface area contributed by atoms with E-state index in [1.165, 1.54) is 28.4 Å². The van der Waals surface area contributed by atoms with Crippen LogP contribution in [-0.2, 0) is 5.41 Å². The lowest BCUT2D eigenvalue weighted by molar-refractivity contribution is 0.628. The molecule has 1 aliphatic rings. The molecule has 0 saturated heterocycles. The molecule has 1 nitrogen and oxygen atoms in total. The predicted molar refractivity (Wildman–Crippen MR) is 63.5 cm³/mol. The fourth-order valence-corrected chi connectivity index (χ4v) is 2.33. The third-order valence-electron chi connectivity index (χ3n) is 3.25. The Balaban J connectivity index is 2.28. The summed E-state index contributed by atoms with van der Waals surface area (Å²) in [6.07, 6.45) is 3.75. The number of aryl methyl sites for hydroxylation is 1. The monoisotopic (exact) mass is 253 g/mol. The number of rotatable bonds is 3. The Morgan fingerprint density at radius 3 is 2.64 bits per heavy atom. The zero-order valence-corrected chi connectivity index (χ0v) is 10.1. The molecule has 14 heavy (non-hydrogen) atoms. The first-order valence-corrected chi connectivity index (χ1v) is 5.94. The van der Waals surface area contributed by atoms with Crippen LogP contribution in [0.25, 0.3) is 0 Å². The Morgan fingerprint density at radius 2 is 2.14 bits per heavy atom. The van der Waals surface area contributed by atoms with E-state index in [-0.39, 0.29) is 0 Å². The first-order valence-electron chi connectivity index (χ1n) is 5.15. The molecule has 1 aromatic carbocycles. The van der Waals surface area contributed by atoms with Gasteiger partial charge in [0.15, 0.2) is 0 Å². The van der Waals surface area contributed by atoms with Gasteiger partial charge in [-0.3, -0.25) is 0 Å². The van der Waals surface area contributed by atoms with Gasteiger partial charge in [-0.25, -0.2) is 0 Å². The zero-order valence-electron chi connectivity index (χ0n) is 8.52. The molecule has 0 aromatic heterocycles. The molecule has 1 aliphatic carbocycles. The van der Waals surface area contributed by atoms with Gasteiger partial charge in [-0.15, -0.1) is 0 Å². The molecule has 0 unspecified atom stereocenters. The molecule has 0 bridgehead atoms. The van der Waals surface area contributed by atoms with Crippen LogP contribution in [0.5, 0.6) is 0 Å². The van der Waals surface area contributed by atoms with Gasteiger partial charge in [-0.1, -0.05) is 28.1 Å². The number of hydrogen-bond acceptors (Lipinski definition) is 1. The van der Waals surface area contributed by atoms with Crippen molar-refractivity contribution in [2.45, 2.75) is 31.6 Å². The van der Waals surface area contributed by atoms with Crippen LogP contribution in [0.15, 0.2) is 22.7 Å². The zero-order chi connectivity index (χ0) is 10.2. The van der Waals surface area contributed by atoms with Crippen LogP contribution in [0.2, 0.25) is 0 Å². The molecule has 1 aromatic rings. The fourth-order valence-electron chi connectivity index (χ4n) is 2.08. The van der Waals surface area contributed by atoms with E-state index in [0.29, 0.717) is 5.41 Å². The second kappa shape index (κ2) is 3.67. The second-order valence-electron chi connectivity index (χ2n) is 4.28. The van der Waals surface area contributed by atoms with Crippen molar-refractivity contribution in [3.63, 3.8) is 0 Å². The maximum atomic E-state index is 5.65. The summed E-state index contributed by atoms with van der Waals surface area (Å²) in [4.78, 5) is 0. The Hall–Kier alpha value is -0.340. The number of halogens is 1. The van der Waals surface area contributed by atoms with E-state index in [1.54, 1.807) is 0 Å². The van der Waals surface area contributed by atoms with Gasteiger partial charge in [0.2, 0.25) is 0 Å². The normalized spacial score (nSPS) is 18.2. The van der Waals surface area contributed by atoms with Gasteiger partial charge >= 0.3 is 0 Å². The Morgan fingerprint density at radius 1 is 1.43 bits per heavy atom. The van der Waals surface area contributed by atoms with Gasteiger partial charge in [-0.2, -0.15) is 0 Å². The highest BCUT2D eigenvalue weighted by Crippen LogP contribution is 2.51. The van der Waals surface area contributed by atoms with Crippen molar-refractivity contribution in [3.8, 4) is 0 Å². The van der Waals surface area contributed by atoms with E-state index in [2.05, 4.69) is 41.1 Å². The molecule has 76 valence electrons. The topological polar surface area (TPSA) is 26.0 Å². The summed E-state index contributed by atoms with van der Waals surface area (Å²) >= 11 is 3.53. The van der Waals surface area contributed by atoms with E-state index in [9.17, 15) is 0 Å². The third-order valence-corrected chi connectivity index (χ3v) is 4.14. The lowest BCUT2D eigenvalue weighted by Crippen LogP contribution is -2.13. The Kier molecular flexibility index (Phi) is 2.67. The van der Waals surface area contributed by atoms with Crippen molar-refractivity contribution in [1.29, 1.82) is 0 Å². The number of nitrogens with two attached hydrogens (primary N) is 1. The smallest absolute Gasteiger partial charge is 0.0204 e. The van der Waals surface area contributed by atoms with Crippen molar-refractivity contribution >= 4 is 15.9 Å². The number of hydrogen-bond donors (Lipinski definition) is 1. The van der Waals surface area contributed by atoms with E-state index >= 15 is 0 Å². The van der Waals surface area contributed by atoms with Gasteiger partial charge in [-0.05, 0) is 55.3 Å². The molecule has 0 radical (unpaired) electrons. The molecule has 2 N–H and O–H groups in total. The van der Waals surface area contributed by atoms with E-state index in [1.807, 2.05) is 0 Å². The quantitative estimate of drug-likeness (QED) is 0.881. The van der Waals surface area contributed by atoms with E-state index < -0.39 is 0 Å². The minimum absolute atomic E-state index is 0.431. The predicted octanol–water partition coefficient (Wildman–Crippen LogP) is 3.14. The minimum atomic E-state index is 0.431. The first kappa shape index (κ1) is 10.2. The minimum Gasteiger partial charge on any atom is -0.330 e. The molecule has 2 heteroatoms. The Labute approximate surface area is 93.8 Å². The summed E-state index contributed by atoms with van der Waals surface area (Å²) in [5.74, 6) is 0. The largest absolute Gasteiger partial charge is 0.330 e. The first-order chi connectivity index (χ1) is 6.68. The molecule has 0 atom stereocenters. The van der Waals surface area contributed by atoms with Crippen LogP contribution < -0.4 is 5.73 Å². The van der Waals surface area contributed by atoms with Crippen LogP contribution in [0.4, 0.5) is 0 Å². The van der Waals surface area contributed by atoms with Crippen molar-refractivity contribution in [3.05, 3.63) is 33.8 Å². The van der Waals surface area contributed by atoms with Crippen molar-refractivity contribution < 1.29 is 0 Å². The van der Waals surface area contributed by atoms with Gasteiger partial charge in [0.1, 0.15) is 0 Å². The van der Waals surface area contributed by atoms with E-state index in [4.69, 9.17) is 5.73 Å². The van der Waals surface area contributed by atoms with Crippen molar-refractivity contribution in [1.82, 2.24) is 0 Å². The van der Waals surface area contributed by atoms with Gasteiger partial charge in [0.25, 0.3) is 0 Å². The molecular formula is C12H16BrN. The van der Waals surface area contributed by atoms with Crippen molar-refractivity contribution in [2.24, 2.45) is 5.73 Å². The molecule has 2 rings (SSSR count). The summed E-state index contributed by atoms with van der Waals surface area (Å²) in [5.41, 5.74) is 8.88. The molecule has 0 aliphatic heterocycles. The van der Waals surface area contributed by atoms with Gasteiger partial charge in [0.05, 0.1) is 0 Å². The third kappa shape index (κ3) is 1.73. The molecule has 1 saturated carbocycles. The Bertz CT molecular complexity index is 342. The molecular weight excluding hydrogens is 238 g/mol. The average molecular weight is 254 g/mol. The molecule has 0 amide bonds. The second-order valence-corrected chi connectivity index (χ2v) is 5.14. The summed E-state index contributed by atoms with van der Waals surface area (Å²) < 4.78 is 1.20. The molecule has 0 heterocycles. The van der Waals surface area contributed by atoms with Crippen LogP contribution in [0.1, 0.15) is 30.4 Å². The van der Waals surface area contributed by atoms with Crippen LogP contribution in [0, 0.1) is 6.92 Å². The summed E-state index contributed by atoms with van der Waals surface area (Å²) in [7, 11) is 0. The summed E-state index contributed by atoms with van der Waals surface area (Å²) in [6.45, 7) is 2.95.